The van der Waals surface area contributed by atoms with E-state index < -0.39 is 29.6 Å². The van der Waals surface area contributed by atoms with Gasteiger partial charge in [0.15, 0.2) is 0 Å². The third-order valence-corrected chi connectivity index (χ3v) is 4.09. The summed E-state index contributed by atoms with van der Waals surface area (Å²) in [5, 5.41) is 7.78. The lowest BCUT2D eigenvalue weighted by molar-refractivity contribution is -0.137. The minimum Gasteiger partial charge on any atom is -0.352 e. The minimum atomic E-state index is -4.45. The number of nitrogens with one attached hydrogen (secondary N) is 3. The molecular formula is C20H21F4N3O2. The van der Waals surface area contributed by atoms with Crippen LogP contribution in [0, 0.1) is 5.82 Å². The maximum Gasteiger partial charge on any atom is 0.416 e. The molecule has 29 heavy (non-hydrogen) atoms. The van der Waals surface area contributed by atoms with Gasteiger partial charge in [0, 0.05) is 18.7 Å². The maximum absolute atomic E-state index is 12.8. The van der Waals surface area contributed by atoms with Crippen LogP contribution in [0.15, 0.2) is 48.5 Å². The van der Waals surface area contributed by atoms with Gasteiger partial charge in [-0.2, -0.15) is 13.2 Å². The number of urea groups is 1. The SMILES string of the molecule is CC(NC(=O)NCCCNC(=O)c1ccc(F)cc1)c1cccc(C(F)(F)F)c1. The molecule has 2 aromatic rings. The summed E-state index contributed by atoms with van der Waals surface area (Å²) < 4.78 is 51.1. The van der Waals surface area contributed by atoms with E-state index in [1.165, 1.54) is 36.4 Å². The number of hydrogen-bond donors (Lipinski definition) is 3. The molecule has 0 heterocycles. The first-order valence-corrected chi connectivity index (χ1v) is 8.92. The molecule has 1 atom stereocenters. The lowest BCUT2D eigenvalue weighted by Crippen LogP contribution is -2.38. The van der Waals surface area contributed by atoms with Crippen LogP contribution < -0.4 is 16.0 Å². The molecule has 0 aliphatic rings. The van der Waals surface area contributed by atoms with E-state index >= 15 is 0 Å². The molecule has 1 unspecified atom stereocenters. The second-order valence-corrected chi connectivity index (χ2v) is 6.36. The van der Waals surface area contributed by atoms with Crippen molar-refractivity contribution < 1.29 is 27.2 Å². The van der Waals surface area contributed by atoms with E-state index in [0.717, 1.165) is 12.1 Å². The van der Waals surface area contributed by atoms with Crippen LogP contribution in [0.5, 0.6) is 0 Å². The van der Waals surface area contributed by atoms with Crippen molar-refractivity contribution in [2.45, 2.75) is 25.6 Å². The Bertz CT molecular complexity index is 838. The van der Waals surface area contributed by atoms with Crippen molar-refractivity contribution in [3.63, 3.8) is 0 Å². The van der Waals surface area contributed by atoms with Gasteiger partial charge in [-0.15, -0.1) is 0 Å². The van der Waals surface area contributed by atoms with Crippen molar-refractivity contribution >= 4 is 11.9 Å². The standard InChI is InChI=1S/C20H21F4N3O2/c1-13(15-4-2-5-16(12-15)20(22,23)24)27-19(29)26-11-3-10-25-18(28)14-6-8-17(21)9-7-14/h2,4-9,12-13H,3,10-11H2,1H3,(H,25,28)(H2,26,27,29). The molecule has 0 saturated carbocycles. The van der Waals surface area contributed by atoms with Gasteiger partial charge in [-0.1, -0.05) is 12.1 Å². The van der Waals surface area contributed by atoms with E-state index in [4.69, 9.17) is 0 Å². The number of rotatable bonds is 7. The number of carbonyl (C=O) groups is 2. The van der Waals surface area contributed by atoms with Crippen molar-refractivity contribution in [1.29, 1.82) is 0 Å². The van der Waals surface area contributed by atoms with Crippen molar-refractivity contribution in [2.75, 3.05) is 13.1 Å². The fourth-order valence-corrected chi connectivity index (χ4v) is 2.51. The monoisotopic (exact) mass is 411 g/mol. The van der Waals surface area contributed by atoms with Gasteiger partial charge in [-0.3, -0.25) is 4.79 Å². The first-order valence-electron chi connectivity index (χ1n) is 8.92. The smallest absolute Gasteiger partial charge is 0.352 e. The maximum atomic E-state index is 12.8. The minimum absolute atomic E-state index is 0.255. The Morgan fingerprint density at radius 1 is 1.00 bits per heavy atom. The molecular weight excluding hydrogens is 390 g/mol. The molecule has 3 amide bonds. The number of alkyl halides is 3. The second-order valence-electron chi connectivity index (χ2n) is 6.36. The quantitative estimate of drug-likeness (QED) is 0.476. The zero-order valence-corrected chi connectivity index (χ0v) is 15.6. The molecule has 3 N–H and O–H groups in total. The molecule has 9 heteroatoms. The first-order chi connectivity index (χ1) is 13.7. The van der Waals surface area contributed by atoms with E-state index in [1.54, 1.807) is 6.92 Å². The largest absolute Gasteiger partial charge is 0.416 e. The summed E-state index contributed by atoms with van der Waals surface area (Å²) in [5.74, 6) is -0.788. The predicted octanol–water partition coefficient (Wildman–Crippen LogP) is 4.02. The zero-order valence-electron chi connectivity index (χ0n) is 15.6. The van der Waals surface area contributed by atoms with Crippen LogP contribution in [-0.2, 0) is 6.18 Å². The topological polar surface area (TPSA) is 70.2 Å². The summed E-state index contributed by atoms with van der Waals surface area (Å²) in [5.41, 5.74) is -0.116. The molecule has 0 aliphatic carbocycles. The van der Waals surface area contributed by atoms with Crippen LogP contribution in [0.4, 0.5) is 22.4 Å². The molecule has 0 aliphatic heterocycles. The highest BCUT2D eigenvalue weighted by Gasteiger charge is 2.30. The number of carbonyl (C=O) groups excluding carboxylic acids is 2. The lowest BCUT2D eigenvalue weighted by Gasteiger charge is -2.16. The average molecular weight is 411 g/mol. The molecule has 5 nitrogen and oxygen atoms in total. The molecule has 2 rings (SSSR count). The van der Waals surface area contributed by atoms with Crippen LogP contribution in [0.3, 0.4) is 0 Å². The van der Waals surface area contributed by atoms with Gasteiger partial charge < -0.3 is 16.0 Å². The van der Waals surface area contributed by atoms with E-state index in [2.05, 4.69) is 16.0 Å². The van der Waals surface area contributed by atoms with Gasteiger partial charge in [0.1, 0.15) is 5.82 Å². The fraction of sp³-hybridized carbons (Fsp3) is 0.300. The predicted molar refractivity (Wildman–Crippen MR) is 99.7 cm³/mol. The number of benzene rings is 2. The van der Waals surface area contributed by atoms with Crippen LogP contribution in [0.2, 0.25) is 0 Å². The highest BCUT2D eigenvalue weighted by Crippen LogP contribution is 2.30. The highest BCUT2D eigenvalue weighted by molar-refractivity contribution is 5.94. The molecule has 0 bridgehead atoms. The van der Waals surface area contributed by atoms with E-state index in [1.807, 2.05) is 0 Å². The van der Waals surface area contributed by atoms with Crippen molar-refractivity contribution in [1.82, 2.24) is 16.0 Å². The number of amides is 3. The van der Waals surface area contributed by atoms with Crippen LogP contribution in [-0.4, -0.2) is 25.0 Å². The van der Waals surface area contributed by atoms with Crippen LogP contribution >= 0.6 is 0 Å². The number of halogens is 4. The van der Waals surface area contributed by atoms with Gasteiger partial charge in [0.05, 0.1) is 11.6 Å². The summed E-state index contributed by atoms with van der Waals surface area (Å²) in [6.07, 6.45) is -4.01. The Hall–Kier alpha value is -3.10. The first kappa shape index (κ1) is 22.2. The third kappa shape index (κ3) is 7.10. The van der Waals surface area contributed by atoms with Gasteiger partial charge in [-0.25, -0.2) is 9.18 Å². The Balaban J connectivity index is 1.70. The van der Waals surface area contributed by atoms with Crippen molar-refractivity contribution in [2.24, 2.45) is 0 Å². The summed E-state index contributed by atoms with van der Waals surface area (Å²) >= 11 is 0. The summed E-state index contributed by atoms with van der Waals surface area (Å²) in [6.45, 7) is 2.13. The average Bonchev–Trinajstić information content (AvgIpc) is 2.67. The lowest BCUT2D eigenvalue weighted by atomic mass is 10.1. The third-order valence-electron chi connectivity index (χ3n) is 4.09. The molecule has 0 saturated heterocycles. The van der Waals surface area contributed by atoms with E-state index in [-0.39, 0.29) is 12.5 Å². The fourth-order valence-electron chi connectivity index (χ4n) is 2.51. The van der Waals surface area contributed by atoms with Gasteiger partial charge in [0.25, 0.3) is 5.91 Å². The molecule has 156 valence electrons. The molecule has 0 radical (unpaired) electrons. The molecule has 0 fully saturated rings. The Labute approximate surface area is 165 Å². The second kappa shape index (κ2) is 9.90. The number of hydrogen-bond acceptors (Lipinski definition) is 2. The summed E-state index contributed by atoms with van der Waals surface area (Å²) in [6, 6.07) is 8.72. The van der Waals surface area contributed by atoms with Gasteiger partial charge in [-0.05, 0) is 55.3 Å². The summed E-state index contributed by atoms with van der Waals surface area (Å²) in [4.78, 5) is 23.7. The Kier molecular flexibility index (Phi) is 7.58. The van der Waals surface area contributed by atoms with Crippen LogP contribution in [0.25, 0.3) is 0 Å². The Morgan fingerprint density at radius 2 is 1.66 bits per heavy atom. The van der Waals surface area contributed by atoms with Crippen LogP contribution in [0.1, 0.15) is 40.9 Å². The molecule has 0 spiro atoms. The summed E-state index contributed by atoms with van der Waals surface area (Å²) in [7, 11) is 0. The normalized spacial score (nSPS) is 12.2. The molecule has 2 aromatic carbocycles. The molecule has 0 aromatic heterocycles. The van der Waals surface area contributed by atoms with Gasteiger partial charge in [0.2, 0.25) is 0 Å². The van der Waals surface area contributed by atoms with E-state index in [9.17, 15) is 27.2 Å². The highest BCUT2D eigenvalue weighted by atomic mass is 19.4. The van der Waals surface area contributed by atoms with E-state index in [0.29, 0.717) is 24.1 Å². The van der Waals surface area contributed by atoms with Gasteiger partial charge >= 0.3 is 12.2 Å². The van der Waals surface area contributed by atoms with Crippen molar-refractivity contribution in [3.05, 3.63) is 71.0 Å². The zero-order chi connectivity index (χ0) is 21.4. The van der Waals surface area contributed by atoms with Crippen molar-refractivity contribution in [3.8, 4) is 0 Å². The Morgan fingerprint density at radius 3 is 2.31 bits per heavy atom.